The number of aromatic nitrogens is 2. The first kappa shape index (κ1) is 11.2. The zero-order valence-corrected chi connectivity index (χ0v) is 9.46. The minimum Gasteiger partial charge on any atom is -0.366 e. The molecule has 1 amide bonds. The number of rotatable bonds is 3. The molecular weight excluding hydrogens is 218 g/mol. The van der Waals surface area contributed by atoms with Gasteiger partial charge in [0.15, 0.2) is 0 Å². The van der Waals surface area contributed by atoms with Gasteiger partial charge in [-0.3, -0.25) is 9.36 Å². The molecule has 1 aromatic heterocycles. The molecule has 0 radical (unpaired) electrons. The maximum Gasteiger partial charge on any atom is 0.328 e. The first-order valence-corrected chi connectivity index (χ1v) is 5.18. The summed E-state index contributed by atoms with van der Waals surface area (Å²) in [4.78, 5) is 22.7. The van der Waals surface area contributed by atoms with Gasteiger partial charge in [0.05, 0.1) is 6.54 Å². The van der Waals surface area contributed by atoms with Crippen LogP contribution in [0.5, 0.6) is 0 Å². The molecule has 1 aromatic carbocycles. The minimum absolute atomic E-state index is 0.0884. The van der Waals surface area contributed by atoms with Crippen LogP contribution in [0.25, 0.3) is 0 Å². The van der Waals surface area contributed by atoms with Crippen molar-refractivity contribution in [1.29, 1.82) is 0 Å². The quantitative estimate of drug-likeness (QED) is 0.827. The van der Waals surface area contributed by atoms with Gasteiger partial charge in [-0.2, -0.15) is 0 Å². The van der Waals surface area contributed by atoms with Crippen molar-refractivity contribution in [2.45, 2.75) is 6.54 Å². The lowest BCUT2D eigenvalue weighted by Crippen LogP contribution is -2.22. The van der Waals surface area contributed by atoms with Gasteiger partial charge in [0, 0.05) is 25.0 Å². The second kappa shape index (κ2) is 4.29. The number of aryl methyl sites for hydroxylation is 1. The Balaban J connectivity index is 2.30. The number of carbonyl (C=O) groups is 1. The molecular formula is C12H13N3O2. The maximum absolute atomic E-state index is 11.6. The molecule has 0 saturated carbocycles. The Kier molecular flexibility index (Phi) is 2.82. The van der Waals surface area contributed by atoms with Gasteiger partial charge >= 0.3 is 5.69 Å². The van der Waals surface area contributed by atoms with Crippen molar-refractivity contribution in [1.82, 2.24) is 9.13 Å². The Morgan fingerprint density at radius 1 is 1.35 bits per heavy atom. The molecule has 2 aromatic rings. The Labute approximate surface area is 98.1 Å². The van der Waals surface area contributed by atoms with E-state index in [-0.39, 0.29) is 5.69 Å². The van der Waals surface area contributed by atoms with E-state index in [4.69, 9.17) is 5.73 Å². The summed E-state index contributed by atoms with van der Waals surface area (Å²) in [7, 11) is 1.69. The number of imidazole rings is 1. The Hall–Kier alpha value is -2.30. The van der Waals surface area contributed by atoms with Crippen LogP contribution in [-0.2, 0) is 13.6 Å². The van der Waals surface area contributed by atoms with Crippen LogP contribution in [-0.4, -0.2) is 15.0 Å². The molecule has 1 heterocycles. The molecule has 5 heteroatoms. The van der Waals surface area contributed by atoms with E-state index in [2.05, 4.69) is 0 Å². The average molecular weight is 231 g/mol. The molecule has 0 atom stereocenters. The number of nitrogens with two attached hydrogens (primary N) is 1. The van der Waals surface area contributed by atoms with E-state index in [0.29, 0.717) is 12.1 Å². The van der Waals surface area contributed by atoms with Crippen LogP contribution in [0.3, 0.4) is 0 Å². The number of benzene rings is 1. The van der Waals surface area contributed by atoms with Crippen LogP contribution >= 0.6 is 0 Å². The molecule has 0 aliphatic carbocycles. The molecule has 0 fully saturated rings. The lowest BCUT2D eigenvalue weighted by molar-refractivity contribution is 0.1000. The van der Waals surface area contributed by atoms with Crippen molar-refractivity contribution in [3.05, 3.63) is 58.3 Å². The molecule has 0 aliphatic rings. The van der Waals surface area contributed by atoms with E-state index in [1.807, 2.05) is 6.07 Å². The fourth-order valence-corrected chi connectivity index (χ4v) is 1.65. The lowest BCUT2D eigenvalue weighted by Gasteiger charge is -2.03. The van der Waals surface area contributed by atoms with E-state index in [0.717, 1.165) is 5.56 Å². The van der Waals surface area contributed by atoms with Crippen molar-refractivity contribution in [2.75, 3.05) is 0 Å². The largest absolute Gasteiger partial charge is 0.366 e. The zero-order chi connectivity index (χ0) is 12.4. The van der Waals surface area contributed by atoms with E-state index in [1.54, 1.807) is 42.2 Å². The monoisotopic (exact) mass is 231 g/mol. The Morgan fingerprint density at radius 3 is 2.71 bits per heavy atom. The summed E-state index contributed by atoms with van der Waals surface area (Å²) in [6.45, 7) is 0.431. The van der Waals surface area contributed by atoms with E-state index in [1.165, 1.54) is 4.57 Å². The minimum atomic E-state index is -0.466. The van der Waals surface area contributed by atoms with Crippen molar-refractivity contribution < 1.29 is 4.79 Å². The summed E-state index contributed by atoms with van der Waals surface area (Å²) >= 11 is 0. The molecule has 2 N–H and O–H groups in total. The lowest BCUT2D eigenvalue weighted by atomic mass is 10.1. The van der Waals surface area contributed by atoms with Gasteiger partial charge in [-0.25, -0.2) is 4.79 Å². The molecule has 88 valence electrons. The fourth-order valence-electron chi connectivity index (χ4n) is 1.65. The van der Waals surface area contributed by atoms with Gasteiger partial charge in [0.25, 0.3) is 0 Å². The van der Waals surface area contributed by atoms with Gasteiger partial charge in [-0.1, -0.05) is 12.1 Å². The third-order valence-electron chi connectivity index (χ3n) is 2.58. The first-order valence-electron chi connectivity index (χ1n) is 5.18. The molecule has 0 aliphatic heterocycles. The second-order valence-corrected chi connectivity index (χ2v) is 3.88. The maximum atomic E-state index is 11.6. The van der Waals surface area contributed by atoms with Crippen molar-refractivity contribution in [3.8, 4) is 0 Å². The average Bonchev–Trinajstić information content (AvgIpc) is 2.61. The number of hydrogen-bond donors (Lipinski definition) is 1. The summed E-state index contributed by atoms with van der Waals surface area (Å²) in [5, 5.41) is 0. The number of amides is 1. The highest BCUT2D eigenvalue weighted by Crippen LogP contribution is 2.05. The van der Waals surface area contributed by atoms with Gasteiger partial charge in [-0.05, 0) is 17.7 Å². The smallest absolute Gasteiger partial charge is 0.328 e. The summed E-state index contributed by atoms with van der Waals surface area (Å²) in [5.41, 5.74) is 6.43. The topological polar surface area (TPSA) is 70.0 Å². The van der Waals surface area contributed by atoms with E-state index in [9.17, 15) is 9.59 Å². The highest BCUT2D eigenvalue weighted by atomic mass is 16.2. The molecule has 2 rings (SSSR count). The summed E-state index contributed by atoms with van der Waals surface area (Å²) in [5.74, 6) is -0.466. The Morgan fingerprint density at radius 2 is 2.12 bits per heavy atom. The van der Waals surface area contributed by atoms with Crippen LogP contribution in [0, 0.1) is 0 Å². The van der Waals surface area contributed by atoms with Gasteiger partial charge < -0.3 is 10.3 Å². The summed E-state index contributed by atoms with van der Waals surface area (Å²) < 4.78 is 3.07. The number of primary amides is 1. The van der Waals surface area contributed by atoms with Crippen molar-refractivity contribution in [2.24, 2.45) is 12.8 Å². The molecule has 17 heavy (non-hydrogen) atoms. The zero-order valence-electron chi connectivity index (χ0n) is 9.46. The first-order chi connectivity index (χ1) is 8.08. The van der Waals surface area contributed by atoms with Crippen LogP contribution in [0.1, 0.15) is 15.9 Å². The van der Waals surface area contributed by atoms with Crippen LogP contribution in [0.2, 0.25) is 0 Å². The predicted molar refractivity (Wildman–Crippen MR) is 63.7 cm³/mol. The van der Waals surface area contributed by atoms with Gasteiger partial charge in [-0.15, -0.1) is 0 Å². The second-order valence-electron chi connectivity index (χ2n) is 3.88. The summed E-state index contributed by atoms with van der Waals surface area (Å²) in [6.07, 6.45) is 3.40. The third-order valence-corrected chi connectivity index (χ3v) is 2.58. The molecule has 0 saturated heterocycles. The molecule has 5 nitrogen and oxygen atoms in total. The molecule has 0 spiro atoms. The van der Waals surface area contributed by atoms with Crippen molar-refractivity contribution >= 4 is 5.91 Å². The normalized spacial score (nSPS) is 10.4. The fraction of sp³-hybridized carbons (Fsp3) is 0.167. The summed E-state index contributed by atoms with van der Waals surface area (Å²) in [6, 6.07) is 6.96. The molecule has 0 unspecified atom stereocenters. The van der Waals surface area contributed by atoms with Crippen LogP contribution in [0.15, 0.2) is 41.5 Å². The van der Waals surface area contributed by atoms with Crippen molar-refractivity contribution in [3.63, 3.8) is 0 Å². The number of carbonyl (C=O) groups excluding carboxylic acids is 1. The standard InChI is InChI=1S/C12H13N3O2/c1-14-5-6-15(12(14)17)8-9-3-2-4-10(7-9)11(13)16/h2-7H,8H2,1H3,(H2,13,16). The van der Waals surface area contributed by atoms with Gasteiger partial charge in [0.2, 0.25) is 5.91 Å². The van der Waals surface area contributed by atoms with Crippen LogP contribution in [0.4, 0.5) is 0 Å². The Bertz CT molecular complexity index is 610. The number of hydrogen-bond acceptors (Lipinski definition) is 2. The SMILES string of the molecule is Cn1ccn(Cc2cccc(C(N)=O)c2)c1=O. The number of nitrogens with zero attached hydrogens (tertiary/aromatic N) is 2. The molecule has 0 bridgehead atoms. The van der Waals surface area contributed by atoms with Gasteiger partial charge in [0.1, 0.15) is 0 Å². The third kappa shape index (κ3) is 2.28. The van der Waals surface area contributed by atoms with E-state index >= 15 is 0 Å². The predicted octanol–water partition coefficient (Wildman–Crippen LogP) is 0.334. The highest BCUT2D eigenvalue weighted by Gasteiger charge is 2.04. The van der Waals surface area contributed by atoms with Crippen LogP contribution < -0.4 is 11.4 Å². The highest BCUT2D eigenvalue weighted by molar-refractivity contribution is 5.92. The van der Waals surface area contributed by atoms with E-state index < -0.39 is 5.91 Å².